The van der Waals surface area contributed by atoms with Crippen LogP contribution in [0.1, 0.15) is 80.1 Å². The van der Waals surface area contributed by atoms with Crippen LogP contribution < -0.4 is 0 Å². The van der Waals surface area contributed by atoms with Crippen molar-refractivity contribution in [3.05, 3.63) is 0 Å². The number of carbonyl (C=O) groups excluding carboxylic acids is 1. The molecule has 1 spiro atoms. The quantitative estimate of drug-likeness (QED) is 0.668. The highest BCUT2D eigenvalue weighted by atomic mass is 17.3. The van der Waals surface area contributed by atoms with Gasteiger partial charge in [0.1, 0.15) is 5.78 Å². The predicted molar refractivity (Wildman–Crippen MR) is 101 cm³/mol. The molecule has 0 amide bonds. The highest BCUT2D eigenvalue weighted by Gasteiger charge is 2.69. The Bertz CT molecular complexity index is 598. The molecule has 0 aromatic heterocycles. The van der Waals surface area contributed by atoms with Crippen molar-refractivity contribution in [1.29, 1.82) is 0 Å². The Morgan fingerprint density at radius 1 is 1.07 bits per heavy atom. The van der Waals surface area contributed by atoms with Gasteiger partial charge in [0.05, 0.1) is 6.10 Å². The van der Waals surface area contributed by atoms with Crippen molar-refractivity contribution < 1.29 is 24.0 Å². The number of carbonyl (C=O) groups is 1. The third-order valence-corrected chi connectivity index (χ3v) is 7.79. The van der Waals surface area contributed by atoms with Gasteiger partial charge in [0.15, 0.2) is 11.9 Å². The first-order chi connectivity index (χ1) is 12.6. The molecular weight excluding hydrogens is 344 g/mol. The van der Waals surface area contributed by atoms with Gasteiger partial charge in [-0.25, -0.2) is 9.78 Å². The van der Waals surface area contributed by atoms with Crippen LogP contribution in [0.15, 0.2) is 0 Å². The maximum Gasteiger partial charge on any atom is 0.201 e. The molecule has 4 aliphatic heterocycles. The Balaban J connectivity index is 1.59. The summed E-state index contributed by atoms with van der Waals surface area (Å²) < 4.78 is 12.9. The Morgan fingerprint density at radius 3 is 2.52 bits per heavy atom. The third-order valence-electron chi connectivity index (χ3n) is 7.79. The lowest BCUT2D eigenvalue weighted by Gasteiger charge is -2.60. The maximum absolute atomic E-state index is 12.5. The summed E-state index contributed by atoms with van der Waals surface area (Å²) >= 11 is 0. The van der Waals surface area contributed by atoms with Crippen LogP contribution >= 0.6 is 0 Å². The average Bonchev–Trinajstić information content (AvgIpc) is 2.82. The Hall–Kier alpha value is -0.490. The standard InChI is InChI=1S/C22H36O5/c1-13-7-8-16-14(2)17(9-10-18(23)20(3,4)5)24-19-22(16)15(13)11-12-21(6,25-19)26-27-22/h13-17,19H,7-12H2,1-6H3. The lowest BCUT2D eigenvalue weighted by atomic mass is 9.57. The van der Waals surface area contributed by atoms with Crippen LogP contribution in [-0.4, -0.2) is 29.6 Å². The topological polar surface area (TPSA) is 54.0 Å². The highest BCUT2D eigenvalue weighted by molar-refractivity contribution is 5.83. The van der Waals surface area contributed by atoms with Gasteiger partial charge >= 0.3 is 0 Å². The van der Waals surface area contributed by atoms with E-state index in [4.69, 9.17) is 19.2 Å². The van der Waals surface area contributed by atoms with E-state index in [0.717, 1.165) is 25.7 Å². The molecule has 4 heterocycles. The van der Waals surface area contributed by atoms with Gasteiger partial charge < -0.3 is 9.47 Å². The van der Waals surface area contributed by atoms with Crippen LogP contribution in [0, 0.1) is 29.1 Å². The van der Waals surface area contributed by atoms with Crippen molar-refractivity contribution in [1.82, 2.24) is 0 Å². The zero-order valence-electron chi connectivity index (χ0n) is 17.7. The van der Waals surface area contributed by atoms with E-state index in [-0.39, 0.29) is 11.5 Å². The van der Waals surface area contributed by atoms with Crippen LogP contribution in [-0.2, 0) is 24.0 Å². The summed E-state index contributed by atoms with van der Waals surface area (Å²) in [4.78, 5) is 24.5. The lowest BCUT2D eigenvalue weighted by Crippen LogP contribution is -2.70. The van der Waals surface area contributed by atoms with Gasteiger partial charge in [0, 0.05) is 24.2 Å². The van der Waals surface area contributed by atoms with E-state index in [1.807, 2.05) is 27.7 Å². The molecule has 27 heavy (non-hydrogen) atoms. The number of hydrogen-bond donors (Lipinski definition) is 0. The molecule has 5 aliphatic rings. The SMILES string of the molecule is CC1CCC2C(C)C(CCC(=O)C(C)(C)C)OC3OC4(C)CCC1C32OO4. The maximum atomic E-state index is 12.5. The number of hydrogen-bond acceptors (Lipinski definition) is 5. The smallest absolute Gasteiger partial charge is 0.201 e. The second-order valence-corrected chi connectivity index (χ2v) is 10.7. The fraction of sp³-hybridized carbons (Fsp3) is 0.955. The first-order valence-corrected chi connectivity index (χ1v) is 10.8. The van der Waals surface area contributed by atoms with Gasteiger partial charge in [-0.15, -0.1) is 0 Å². The molecule has 5 fully saturated rings. The van der Waals surface area contributed by atoms with Crippen molar-refractivity contribution >= 4 is 5.78 Å². The van der Waals surface area contributed by atoms with E-state index in [1.54, 1.807) is 0 Å². The summed E-state index contributed by atoms with van der Waals surface area (Å²) in [7, 11) is 0. The molecule has 0 aromatic carbocycles. The molecule has 0 aromatic rings. The first kappa shape index (κ1) is 19.8. The predicted octanol–water partition coefficient (Wildman–Crippen LogP) is 4.63. The normalized spacial score (nSPS) is 49.4. The van der Waals surface area contributed by atoms with Crippen LogP contribution in [0.3, 0.4) is 0 Å². The van der Waals surface area contributed by atoms with E-state index < -0.39 is 17.7 Å². The number of fused-ring (bicyclic) bond motifs is 2. The zero-order valence-corrected chi connectivity index (χ0v) is 17.7. The van der Waals surface area contributed by atoms with Gasteiger partial charge in [-0.05, 0) is 50.4 Å². The van der Waals surface area contributed by atoms with E-state index in [1.165, 1.54) is 6.42 Å². The summed E-state index contributed by atoms with van der Waals surface area (Å²) in [5.41, 5.74) is -0.801. The highest BCUT2D eigenvalue weighted by Crippen LogP contribution is 2.60. The van der Waals surface area contributed by atoms with Crippen molar-refractivity contribution in [2.45, 2.75) is 104 Å². The monoisotopic (exact) mass is 380 g/mol. The fourth-order valence-electron chi connectivity index (χ4n) is 5.96. The number of ketones is 1. The largest absolute Gasteiger partial charge is 0.346 e. The number of ether oxygens (including phenoxy) is 2. The minimum Gasteiger partial charge on any atom is -0.346 e. The molecule has 8 unspecified atom stereocenters. The summed E-state index contributed by atoms with van der Waals surface area (Å²) in [6.45, 7) is 12.5. The lowest BCUT2D eigenvalue weighted by molar-refractivity contribution is -0.571. The van der Waals surface area contributed by atoms with Crippen LogP contribution in [0.5, 0.6) is 0 Å². The fourth-order valence-corrected chi connectivity index (χ4v) is 5.96. The molecule has 5 heteroatoms. The third kappa shape index (κ3) is 3.09. The molecule has 5 nitrogen and oxygen atoms in total. The van der Waals surface area contributed by atoms with E-state index in [0.29, 0.717) is 35.9 Å². The minimum atomic E-state index is -0.732. The summed E-state index contributed by atoms with van der Waals surface area (Å²) in [6, 6.07) is 0. The van der Waals surface area contributed by atoms with Gasteiger partial charge in [-0.3, -0.25) is 4.79 Å². The van der Waals surface area contributed by atoms with Gasteiger partial charge in [-0.2, -0.15) is 0 Å². The summed E-state index contributed by atoms with van der Waals surface area (Å²) in [6.07, 6.45) is 5.13. The van der Waals surface area contributed by atoms with E-state index >= 15 is 0 Å². The van der Waals surface area contributed by atoms with Gasteiger partial charge in [-0.1, -0.05) is 34.6 Å². The molecule has 0 radical (unpaired) electrons. The molecule has 5 rings (SSSR count). The number of rotatable bonds is 3. The summed E-state index contributed by atoms with van der Waals surface area (Å²) in [5.74, 6) is 1.19. The molecule has 2 bridgehead atoms. The second-order valence-electron chi connectivity index (χ2n) is 10.7. The minimum absolute atomic E-state index is 0.0255. The van der Waals surface area contributed by atoms with Crippen molar-refractivity contribution in [2.75, 3.05) is 0 Å². The Morgan fingerprint density at radius 2 is 1.81 bits per heavy atom. The second kappa shape index (κ2) is 6.51. The van der Waals surface area contributed by atoms with Crippen molar-refractivity contribution in [3.8, 4) is 0 Å². The molecule has 4 saturated heterocycles. The Kier molecular flexibility index (Phi) is 4.78. The van der Waals surface area contributed by atoms with E-state index in [9.17, 15) is 4.79 Å². The van der Waals surface area contributed by atoms with E-state index in [2.05, 4.69) is 13.8 Å². The Labute approximate surface area is 163 Å². The van der Waals surface area contributed by atoms with Crippen molar-refractivity contribution in [3.63, 3.8) is 0 Å². The number of Topliss-reactive ketones (excluding diaryl/α,β-unsaturated/α-hetero) is 1. The molecule has 154 valence electrons. The molecule has 1 aliphatic carbocycles. The zero-order chi connectivity index (χ0) is 19.6. The van der Waals surface area contributed by atoms with Crippen molar-refractivity contribution in [2.24, 2.45) is 29.1 Å². The van der Waals surface area contributed by atoms with Crippen LogP contribution in [0.2, 0.25) is 0 Å². The average molecular weight is 381 g/mol. The van der Waals surface area contributed by atoms with Gasteiger partial charge in [0.25, 0.3) is 0 Å². The summed E-state index contributed by atoms with van der Waals surface area (Å²) in [5, 5.41) is 0. The first-order valence-electron chi connectivity index (χ1n) is 10.8. The molecule has 0 N–H and O–H groups in total. The molecule has 8 atom stereocenters. The van der Waals surface area contributed by atoms with Crippen LogP contribution in [0.25, 0.3) is 0 Å². The van der Waals surface area contributed by atoms with Crippen LogP contribution in [0.4, 0.5) is 0 Å². The molecular formula is C22H36O5. The van der Waals surface area contributed by atoms with Gasteiger partial charge in [0.2, 0.25) is 5.79 Å². The molecule has 1 saturated carbocycles.